The molecule has 7 heteroatoms. The predicted octanol–water partition coefficient (Wildman–Crippen LogP) is 2.72. The molecule has 2 rings (SSSR count). The average molecular weight is 385 g/mol. The second kappa shape index (κ2) is 10.1. The third kappa shape index (κ3) is 5.84. The van der Waals surface area contributed by atoms with Gasteiger partial charge < -0.3 is 19.1 Å². The van der Waals surface area contributed by atoms with Crippen molar-refractivity contribution < 1.29 is 28.6 Å². The maximum Gasteiger partial charge on any atom is 0.302 e. The summed E-state index contributed by atoms with van der Waals surface area (Å²) in [6.07, 6.45) is 0.741. The van der Waals surface area contributed by atoms with Gasteiger partial charge in [-0.3, -0.25) is 14.4 Å². The second-order valence-electron chi connectivity index (χ2n) is 6.08. The van der Waals surface area contributed by atoms with Gasteiger partial charge in [0.1, 0.15) is 19.5 Å². The maximum absolute atomic E-state index is 12.4. The summed E-state index contributed by atoms with van der Waals surface area (Å²) in [5.41, 5.74) is 1.91. The molecule has 148 valence electrons. The number of esters is 1. The molecule has 0 aliphatic rings. The average Bonchev–Trinajstić information content (AvgIpc) is 2.71. The van der Waals surface area contributed by atoms with Gasteiger partial charge in [0.2, 0.25) is 0 Å². The quantitative estimate of drug-likeness (QED) is 0.488. The van der Waals surface area contributed by atoms with Crippen LogP contribution in [0.4, 0.5) is 0 Å². The van der Waals surface area contributed by atoms with Gasteiger partial charge in [0, 0.05) is 25.1 Å². The van der Waals surface area contributed by atoms with Crippen molar-refractivity contribution in [1.82, 2.24) is 4.90 Å². The third-order valence-electron chi connectivity index (χ3n) is 4.00. The van der Waals surface area contributed by atoms with E-state index in [4.69, 9.17) is 14.2 Å². The first-order chi connectivity index (χ1) is 13.4. The molecular weight excluding hydrogens is 362 g/mol. The maximum atomic E-state index is 12.4. The number of carbonyl (C=O) groups excluding carboxylic acids is 3. The molecule has 2 aromatic rings. The van der Waals surface area contributed by atoms with E-state index in [1.807, 2.05) is 0 Å². The normalized spacial score (nSPS) is 10.1. The number of methoxy groups -OCH3 is 1. The Bertz CT molecular complexity index is 831. The molecule has 7 nitrogen and oxygen atoms in total. The minimum Gasteiger partial charge on any atom is -0.493 e. The Morgan fingerprint density at radius 3 is 2.39 bits per heavy atom. The largest absolute Gasteiger partial charge is 0.493 e. The van der Waals surface area contributed by atoms with Crippen molar-refractivity contribution in [2.75, 3.05) is 27.3 Å². The monoisotopic (exact) mass is 385 g/mol. The molecule has 0 N–H and O–H groups in total. The Kier molecular flexibility index (Phi) is 7.56. The van der Waals surface area contributed by atoms with Crippen LogP contribution in [-0.2, 0) is 16.1 Å². The summed E-state index contributed by atoms with van der Waals surface area (Å²) < 4.78 is 15.8. The van der Waals surface area contributed by atoms with Crippen LogP contribution in [0.3, 0.4) is 0 Å². The number of hydrogen-bond donors (Lipinski definition) is 0. The van der Waals surface area contributed by atoms with E-state index >= 15 is 0 Å². The van der Waals surface area contributed by atoms with Crippen LogP contribution in [0.2, 0.25) is 0 Å². The molecule has 0 unspecified atom stereocenters. The van der Waals surface area contributed by atoms with Crippen LogP contribution in [0.5, 0.6) is 11.5 Å². The van der Waals surface area contributed by atoms with Crippen molar-refractivity contribution in [2.24, 2.45) is 0 Å². The van der Waals surface area contributed by atoms with E-state index in [-0.39, 0.29) is 25.1 Å². The standard InChI is InChI=1S/C21H23NO6/c1-15(24)27-11-10-22(2)21(25)18-7-4-16(5-8-18)14-28-19-9-6-17(13-23)12-20(19)26-3/h4-9,12-13H,10-11,14H2,1-3H3. The lowest BCUT2D eigenvalue weighted by atomic mass is 10.1. The molecule has 0 bridgehead atoms. The fourth-order valence-electron chi connectivity index (χ4n) is 2.43. The molecule has 0 spiro atoms. The highest BCUT2D eigenvalue weighted by Gasteiger charge is 2.12. The zero-order valence-corrected chi connectivity index (χ0v) is 16.1. The van der Waals surface area contributed by atoms with Crippen molar-refractivity contribution in [1.29, 1.82) is 0 Å². The predicted molar refractivity (Wildman–Crippen MR) is 103 cm³/mol. The number of likely N-dealkylation sites (N-methyl/N-ethyl adjacent to an activating group) is 1. The van der Waals surface area contributed by atoms with Crippen molar-refractivity contribution >= 4 is 18.2 Å². The first-order valence-electron chi connectivity index (χ1n) is 8.68. The van der Waals surface area contributed by atoms with Crippen LogP contribution in [0, 0.1) is 0 Å². The summed E-state index contributed by atoms with van der Waals surface area (Å²) in [6, 6.07) is 12.0. The Morgan fingerprint density at radius 1 is 1.07 bits per heavy atom. The van der Waals surface area contributed by atoms with Crippen LogP contribution in [0.15, 0.2) is 42.5 Å². The lowest BCUT2D eigenvalue weighted by molar-refractivity contribution is -0.141. The molecular formula is C21H23NO6. The molecule has 0 saturated carbocycles. The van der Waals surface area contributed by atoms with E-state index in [0.717, 1.165) is 11.8 Å². The second-order valence-corrected chi connectivity index (χ2v) is 6.08. The van der Waals surface area contributed by atoms with Crippen molar-refractivity contribution in [3.05, 3.63) is 59.2 Å². The molecule has 0 saturated heterocycles. The molecule has 28 heavy (non-hydrogen) atoms. The highest BCUT2D eigenvalue weighted by atomic mass is 16.5. The molecule has 0 aromatic heterocycles. The van der Waals surface area contributed by atoms with E-state index in [2.05, 4.69) is 0 Å². The molecule has 0 atom stereocenters. The van der Waals surface area contributed by atoms with Gasteiger partial charge in [0.25, 0.3) is 5.91 Å². The van der Waals surface area contributed by atoms with Crippen LogP contribution in [0.1, 0.15) is 33.2 Å². The Morgan fingerprint density at radius 2 is 1.79 bits per heavy atom. The smallest absolute Gasteiger partial charge is 0.302 e. The first kappa shape index (κ1) is 21.0. The zero-order chi connectivity index (χ0) is 20.5. The molecule has 0 aliphatic heterocycles. The summed E-state index contributed by atoms with van der Waals surface area (Å²) in [7, 11) is 3.16. The SMILES string of the molecule is COc1cc(C=O)ccc1OCc1ccc(C(=O)N(C)CCOC(C)=O)cc1. The number of benzene rings is 2. The van der Waals surface area contributed by atoms with Gasteiger partial charge in [-0.25, -0.2) is 0 Å². The summed E-state index contributed by atoms with van der Waals surface area (Å²) in [5, 5.41) is 0. The topological polar surface area (TPSA) is 82.1 Å². The number of carbonyl (C=O) groups is 3. The Balaban J connectivity index is 1.94. The van der Waals surface area contributed by atoms with Gasteiger partial charge in [-0.2, -0.15) is 0 Å². The third-order valence-corrected chi connectivity index (χ3v) is 4.00. The molecule has 2 aromatic carbocycles. The van der Waals surface area contributed by atoms with Crippen molar-refractivity contribution in [3.8, 4) is 11.5 Å². The number of hydrogen-bond acceptors (Lipinski definition) is 6. The van der Waals surface area contributed by atoms with Gasteiger partial charge in [0.05, 0.1) is 13.7 Å². The van der Waals surface area contributed by atoms with E-state index in [1.54, 1.807) is 49.5 Å². The highest BCUT2D eigenvalue weighted by Crippen LogP contribution is 2.28. The molecule has 0 heterocycles. The molecule has 0 fully saturated rings. The Hall–Kier alpha value is -3.35. The molecule has 1 amide bonds. The van der Waals surface area contributed by atoms with E-state index in [1.165, 1.54) is 18.9 Å². The number of rotatable bonds is 9. The molecule has 0 aliphatic carbocycles. The van der Waals surface area contributed by atoms with Crippen LogP contribution < -0.4 is 9.47 Å². The zero-order valence-electron chi connectivity index (χ0n) is 16.1. The van der Waals surface area contributed by atoms with Crippen LogP contribution in [0.25, 0.3) is 0 Å². The number of aldehydes is 1. The van der Waals surface area contributed by atoms with E-state index < -0.39 is 0 Å². The van der Waals surface area contributed by atoms with E-state index in [0.29, 0.717) is 29.2 Å². The number of ether oxygens (including phenoxy) is 3. The number of nitrogens with zero attached hydrogens (tertiary/aromatic N) is 1. The van der Waals surface area contributed by atoms with Gasteiger partial charge in [-0.1, -0.05) is 12.1 Å². The minimum absolute atomic E-state index is 0.161. The summed E-state index contributed by atoms with van der Waals surface area (Å²) in [4.78, 5) is 35.5. The fourth-order valence-corrected chi connectivity index (χ4v) is 2.43. The lowest BCUT2D eigenvalue weighted by Gasteiger charge is -2.17. The minimum atomic E-state index is -0.373. The lowest BCUT2D eigenvalue weighted by Crippen LogP contribution is -2.30. The van der Waals surface area contributed by atoms with Crippen molar-refractivity contribution in [2.45, 2.75) is 13.5 Å². The van der Waals surface area contributed by atoms with Crippen LogP contribution >= 0.6 is 0 Å². The van der Waals surface area contributed by atoms with Gasteiger partial charge in [-0.15, -0.1) is 0 Å². The van der Waals surface area contributed by atoms with Gasteiger partial charge >= 0.3 is 5.97 Å². The first-order valence-corrected chi connectivity index (χ1v) is 8.68. The Labute approximate surface area is 163 Å². The fraction of sp³-hybridized carbons (Fsp3) is 0.286. The summed E-state index contributed by atoms with van der Waals surface area (Å²) in [6.45, 7) is 2.09. The van der Waals surface area contributed by atoms with Gasteiger partial charge in [0.15, 0.2) is 11.5 Å². The molecule has 0 radical (unpaired) electrons. The van der Waals surface area contributed by atoms with Crippen molar-refractivity contribution in [3.63, 3.8) is 0 Å². The van der Waals surface area contributed by atoms with Gasteiger partial charge in [-0.05, 0) is 35.9 Å². The van der Waals surface area contributed by atoms with Crippen LogP contribution in [-0.4, -0.2) is 50.4 Å². The summed E-state index contributed by atoms with van der Waals surface area (Å²) in [5.74, 6) is 0.470. The highest BCUT2D eigenvalue weighted by molar-refractivity contribution is 5.94. The number of amides is 1. The summed E-state index contributed by atoms with van der Waals surface area (Å²) >= 11 is 0. The van der Waals surface area contributed by atoms with E-state index in [9.17, 15) is 14.4 Å².